The highest BCUT2D eigenvalue weighted by atomic mass is 35.5. The van der Waals surface area contributed by atoms with Crippen LogP contribution in [0.2, 0.25) is 0 Å². The maximum Gasteiger partial charge on any atom is 0.224 e. The first kappa shape index (κ1) is 17.6. The maximum absolute atomic E-state index is 12.2. The molecule has 1 amide bonds. The van der Waals surface area contributed by atoms with Gasteiger partial charge in [-0.3, -0.25) is 4.79 Å². The van der Waals surface area contributed by atoms with Crippen LogP contribution in [0.5, 0.6) is 0 Å². The Labute approximate surface area is 143 Å². The number of halogens is 1. The summed E-state index contributed by atoms with van der Waals surface area (Å²) in [6.07, 6.45) is 5.57. The van der Waals surface area contributed by atoms with Gasteiger partial charge in [-0.05, 0) is 55.6 Å². The third kappa shape index (κ3) is 4.64. The van der Waals surface area contributed by atoms with Gasteiger partial charge >= 0.3 is 0 Å². The van der Waals surface area contributed by atoms with Crippen LogP contribution in [0.15, 0.2) is 29.2 Å². The predicted octanol–water partition coefficient (Wildman–Crippen LogP) is 4.08. The number of fused-ring (bicyclic) bond motifs is 2. The Hall–Kier alpha value is -0.710. The van der Waals surface area contributed by atoms with Gasteiger partial charge in [0.15, 0.2) is 0 Å². The van der Waals surface area contributed by atoms with E-state index in [1.54, 1.807) is 11.8 Å². The number of benzene rings is 1. The van der Waals surface area contributed by atoms with Gasteiger partial charge in [0.2, 0.25) is 5.91 Å². The quantitative estimate of drug-likeness (QED) is 0.793. The number of amides is 1. The molecule has 0 radical (unpaired) electrons. The van der Waals surface area contributed by atoms with Crippen LogP contribution in [-0.4, -0.2) is 23.7 Å². The van der Waals surface area contributed by atoms with Crippen molar-refractivity contribution in [2.24, 2.45) is 5.92 Å². The number of hydrogen-bond acceptors (Lipinski definition) is 3. The SMILES string of the molecule is CCSc1cccc(NC(=O)CC2CC3CCC(C2)N3)c1.Cl. The van der Waals surface area contributed by atoms with Gasteiger partial charge in [0.05, 0.1) is 0 Å². The fraction of sp³-hybridized carbons (Fsp3) is 0.588. The zero-order valence-corrected chi connectivity index (χ0v) is 14.6. The Morgan fingerprint density at radius 1 is 1.32 bits per heavy atom. The lowest BCUT2D eigenvalue weighted by Crippen LogP contribution is -2.39. The largest absolute Gasteiger partial charge is 0.326 e. The van der Waals surface area contributed by atoms with E-state index in [0.29, 0.717) is 24.4 Å². The van der Waals surface area contributed by atoms with Gasteiger partial charge < -0.3 is 10.6 Å². The van der Waals surface area contributed by atoms with Crippen molar-refractivity contribution in [3.05, 3.63) is 24.3 Å². The molecule has 2 N–H and O–H groups in total. The lowest BCUT2D eigenvalue weighted by molar-refractivity contribution is -0.117. The smallest absolute Gasteiger partial charge is 0.224 e. The third-order valence-corrected chi connectivity index (χ3v) is 5.35. The van der Waals surface area contributed by atoms with Crippen molar-refractivity contribution in [1.82, 2.24) is 5.32 Å². The van der Waals surface area contributed by atoms with E-state index in [1.165, 1.54) is 17.7 Å². The van der Waals surface area contributed by atoms with Crippen molar-refractivity contribution in [2.45, 2.75) is 56.0 Å². The van der Waals surface area contributed by atoms with Crippen LogP contribution >= 0.6 is 24.2 Å². The van der Waals surface area contributed by atoms with Crippen LogP contribution in [0.4, 0.5) is 5.69 Å². The summed E-state index contributed by atoms with van der Waals surface area (Å²) in [5, 5.41) is 6.70. The molecule has 0 aromatic heterocycles. The lowest BCUT2D eigenvalue weighted by atomic mass is 9.89. The highest BCUT2D eigenvalue weighted by molar-refractivity contribution is 7.99. The molecule has 0 saturated carbocycles. The predicted molar refractivity (Wildman–Crippen MR) is 96.0 cm³/mol. The Bertz CT molecular complexity index is 499. The fourth-order valence-corrected chi connectivity index (χ4v) is 4.36. The molecular formula is C17H25ClN2OS. The monoisotopic (exact) mass is 340 g/mol. The summed E-state index contributed by atoms with van der Waals surface area (Å²) >= 11 is 1.80. The van der Waals surface area contributed by atoms with E-state index in [2.05, 4.69) is 29.7 Å². The molecule has 122 valence electrons. The van der Waals surface area contributed by atoms with E-state index in [4.69, 9.17) is 0 Å². The first-order chi connectivity index (χ1) is 10.2. The van der Waals surface area contributed by atoms with E-state index in [1.807, 2.05) is 12.1 Å². The summed E-state index contributed by atoms with van der Waals surface area (Å²) < 4.78 is 0. The van der Waals surface area contributed by atoms with Gasteiger partial charge in [0.25, 0.3) is 0 Å². The molecule has 0 spiro atoms. The molecule has 2 fully saturated rings. The van der Waals surface area contributed by atoms with Gasteiger partial charge in [-0.1, -0.05) is 13.0 Å². The van der Waals surface area contributed by atoms with Crippen LogP contribution in [0.3, 0.4) is 0 Å². The van der Waals surface area contributed by atoms with Crippen molar-refractivity contribution >= 4 is 35.8 Å². The molecule has 2 heterocycles. The fourth-order valence-electron chi connectivity index (χ4n) is 3.65. The average Bonchev–Trinajstić information content (AvgIpc) is 2.78. The Morgan fingerprint density at radius 3 is 2.73 bits per heavy atom. The van der Waals surface area contributed by atoms with E-state index in [0.717, 1.165) is 24.3 Å². The highest BCUT2D eigenvalue weighted by Gasteiger charge is 2.34. The summed E-state index contributed by atoms with van der Waals surface area (Å²) in [7, 11) is 0. The summed E-state index contributed by atoms with van der Waals surface area (Å²) in [4.78, 5) is 13.5. The second-order valence-corrected chi connectivity index (χ2v) is 7.53. The molecule has 2 atom stereocenters. The second kappa shape index (κ2) is 8.23. The summed E-state index contributed by atoms with van der Waals surface area (Å²) in [5.41, 5.74) is 0.926. The van der Waals surface area contributed by atoms with Crippen LogP contribution in [0.25, 0.3) is 0 Å². The van der Waals surface area contributed by atoms with Crippen molar-refractivity contribution in [2.75, 3.05) is 11.1 Å². The topological polar surface area (TPSA) is 41.1 Å². The van der Waals surface area contributed by atoms with Gasteiger partial charge in [-0.25, -0.2) is 0 Å². The molecule has 2 bridgehead atoms. The normalized spacial score (nSPS) is 26.3. The first-order valence-corrected chi connectivity index (χ1v) is 9.00. The zero-order chi connectivity index (χ0) is 14.7. The third-order valence-electron chi connectivity index (χ3n) is 4.47. The van der Waals surface area contributed by atoms with Crippen LogP contribution < -0.4 is 10.6 Å². The Kier molecular flexibility index (Phi) is 6.60. The number of thioether (sulfide) groups is 1. The molecule has 3 nitrogen and oxygen atoms in total. The first-order valence-electron chi connectivity index (χ1n) is 8.01. The number of hydrogen-bond donors (Lipinski definition) is 2. The molecule has 0 aliphatic carbocycles. The minimum atomic E-state index is 0. The molecule has 1 aromatic rings. The van der Waals surface area contributed by atoms with Crippen molar-refractivity contribution in [3.63, 3.8) is 0 Å². The number of carbonyl (C=O) groups is 1. The Balaban J connectivity index is 0.00000176. The standard InChI is InChI=1S/C17H24N2OS.ClH/c1-2-21-16-5-3-4-13(11-16)19-17(20)10-12-8-14-6-7-15(9-12)18-14;/h3-5,11-12,14-15,18H,2,6-10H2,1H3,(H,19,20);1H. The summed E-state index contributed by atoms with van der Waals surface area (Å²) in [5.74, 6) is 1.77. The summed E-state index contributed by atoms with van der Waals surface area (Å²) in [6, 6.07) is 9.46. The van der Waals surface area contributed by atoms with E-state index in [9.17, 15) is 4.79 Å². The molecular weight excluding hydrogens is 316 g/mol. The second-order valence-electron chi connectivity index (χ2n) is 6.19. The van der Waals surface area contributed by atoms with Crippen molar-refractivity contribution in [1.29, 1.82) is 0 Å². The molecule has 1 aromatic carbocycles. The van der Waals surface area contributed by atoms with Gasteiger partial charge in [-0.15, -0.1) is 24.2 Å². The molecule has 2 saturated heterocycles. The number of anilines is 1. The van der Waals surface area contributed by atoms with E-state index < -0.39 is 0 Å². The van der Waals surface area contributed by atoms with Gasteiger partial charge in [-0.2, -0.15) is 0 Å². The van der Waals surface area contributed by atoms with Crippen LogP contribution in [0, 0.1) is 5.92 Å². The van der Waals surface area contributed by atoms with Crippen molar-refractivity contribution < 1.29 is 4.79 Å². The van der Waals surface area contributed by atoms with Crippen LogP contribution in [-0.2, 0) is 4.79 Å². The number of carbonyl (C=O) groups excluding carboxylic acids is 1. The molecule has 2 aliphatic rings. The molecule has 2 unspecified atom stereocenters. The highest BCUT2D eigenvalue weighted by Crippen LogP contribution is 2.32. The Morgan fingerprint density at radius 2 is 2.05 bits per heavy atom. The van der Waals surface area contributed by atoms with Gasteiger partial charge in [0, 0.05) is 29.1 Å². The number of piperidine rings is 1. The molecule has 22 heavy (non-hydrogen) atoms. The zero-order valence-electron chi connectivity index (χ0n) is 13.0. The summed E-state index contributed by atoms with van der Waals surface area (Å²) in [6.45, 7) is 2.14. The maximum atomic E-state index is 12.2. The van der Waals surface area contributed by atoms with Crippen molar-refractivity contribution in [3.8, 4) is 0 Å². The molecule has 5 heteroatoms. The molecule has 3 rings (SSSR count). The minimum absolute atomic E-state index is 0. The van der Waals surface area contributed by atoms with Crippen LogP contribution in [0.1, 0.15) is 39.0 Å². The number of rotatable bonds is 5. The van der Waals surface area contributed by atoms with E-state index in [-0.39, 0.29) is 18.3 Å². The average molecular weight is 341 g/mol. The number of nitrogens with one attached hydrogen (secondary N) is 2. The lowest BCUT2D eigenvalue weighted by Gasteiger charge is -2.28. The molecule has 2 aliphatic heterocycles. The van der Waals surface area contributed by atoms with E-state index >= 15 is 0 Å². The van der Waals surface area contributed by atoms with Gasteiger partial charge in [0.1, 0.15) is 0 Å². The minimum Gasteiger partial charge on any atom is -0.326 e.